The van der Waals surface area contributed by atoms with Gasteiger partial charge < -0.3 is 10.5 Å². The van der Waals surface area contributed by atoms with E-state index in [0.29, 0.717) is 6.54 Å². The number of hydrogen-bond donors (Lipinski definition) is 1. The zero-order chi connectivity index (χ0) is 7.28. The van der Waals surface area contributed by atoms with Crippen LogP contribution in [0.25, 0.3) is 0 Å². The van der Waals surface area contributed by atoms with Gasteiger partial charge in [0.2, 0.25) is 0 Å². The summed E-state index contributed by atoms with van der Waals surface area (Å²) in [4.78, 5) is 10.4. The van der Waals surface area contributed by atoms with Gasteiger partial charge in [0.05, 0.1) is 0 Å². The fraction of sp³-hybridized carbons (Fsp3) is 0.500. The van der Waals surface area contributed by atoms with Gasteiger partial charge in [-0.25, -0.2) is 4.79 Å². The number of carbonyl (C=O) groups is 1. The van der Waals surface area contributed by atoms with Gasteiger partial charge in [-0.15, -0.1) is 17.0 Å². The number of esters is 1. The average molecular weight is 210 g/mol. The standard InChI is InChI=1S/C6H11NO2.BrH/c1-3-6(8)9-5(2)4-7;/h3,5H,1,4,7H2,2H3;1H. The molecular weight excluding hydrogens is 198 g/mol. The topological polar surface area (TPSA) is 52.3 Å². The first-order valence-corrected chi connectivity index (χ1v) is 2.73. The third kappa shape index (κ3) is 5.78. The highest BCUT2D eigenvalue weighted by atomic mass is 79.9. The van der Waals surface area contributed by atoms with E-state index in [-0.39, 0.29) is 23.1 Å². The molecule has 0 aromatic rings. The molecule has 0 bridgehead atoms. The summed E-state index contributed by atoms with van der Waals surface area (Å²) in [5, 5.41) is 0. The van der Waals surface area contributed by atoms with Crippen LogP contribution in [0.2, 0.25) is 0 Å². The Morgan fingerprint density at radius 2 is 2.40 bits per heavy atom. The third-order valence-corrected chi connectivity index (χ3v) is 0.816. The molecule has 0 spiro atoms. The molecule has 0 radical (unpaired) electrons. The lowest BCUT2D eigenvalue weighted by atomic mass is 10.4. The van der Waals surface area contributed by atoms with Crippen LogP contribution in [0.3, 0.4) is 0 Å². The zero-order valence-corrected chi connectivity index (χ0v) is 7.58. The van der Waals surface area contributed by atoms with Crippen molar-refractivity contribution in [1.82, 2.24) is 0 Å². The molecule has 60 valence electrons. The van der Waals surface area contributed by atoms with Gasteiger partial charge in [-0.1, -0.05) is 6.58 Å². The van der Waals surface area contributed by atoms with Crippen LogP contribution in [0, 0.1) is 0 Å². The fourth-order valence-electron chi connectivity index (χ4n) is 0.295. The number of hydrogen-bond acceptors (Lipinski definition) is 3. The molecule has 0 aliphatic rings. The van der Waals surface area contributed by atoms with E-state index in [0.717, 1.165) is 6.08 Å². The Balaban J connectivity index is 0. The predicted octanol–water partition coefficient (Wildman–Crippen LogP) is 0.641. The summed E-state index contributed by atoms with van der Waals surface area (Å²) in [5.41, 5.74) is 5.16. The van der Waals surface area contributed by atoms with E-state index in [9.17, 15) is 4.79 Å². The number of halogens is 1. The average Bonchev–Trinajstić information content (AvgIpc) is 1.87. The molecule has 0 heterocycles. The molecule has 1 unspecified atom stereocenters. The predicted molar refractivity (Wildman–Crippen MR) is 45.1 cm³/mol. The first kappa shape index (κ1) is 12.3. The summed E-state index contributed by atoms with van der Waals surface area (Å²) >= 11 is 0. The molecule has 0 amide bonds. The van der Waals surface area contributed by atoms with Crippen LogP contribution >= 0.6 is 17.0 Å². The molecule has 1 atom stereocenters. The Labute approximate surface area is 71.0 Å². The normalized spacial score (nSPS) is 11.0. The van der Waals surface area contributed by atoms with Crippen molar-refractivity contribution >= 4 is 23.0 Å². The van der Waals surface area contributed by atoms with E-state index in [1.807, 2.05) is 0 Å². The van der Waals surface area contributed by atoms with Gasteiger partial charge in [0, 0.05) is 12.6 Å². The molecule has 0 fully saturated rings. The molecule has 0 aliphatic heterocycles. The lowest BCUT2D eigenvalue weighted by molar-refractivity contribution is -0.141. The summed E-state index contributed by atoms with van der Waals surface area (Å²) in [7, 11) is 0. The van der Waals surface area contributed by atoms with Gasteiger partial charge >= 0.3 is 5.97 Å². The molecule has 0 aliphatic carbocycles. The Hall–Kier alpha value is -0.350. The molecule has 0 rings (SSSR count). The first-order valence-electron chi connectivity index (χ1n) is 2.73. The second kappa shape index (κ2) is 6.77. The number of carbonyl (C=O) groups excluding carboxylic acids is 1. The molecule has 4 heteroatoms. The van der Waals surface area contributed by atoms with Gasteiger partial charge in [0.15, 0.2) is 0 Å². The van der Waals surface area contributed by atoms with E-state index >= 15 is 0 Å². The Kier molecular flexibility index (Phi) is 8.35. The Bertz CT molecular complexity index is 116. The second-order valence-electron chi connectivity index (χ2n) is 1.69. The van der Waals surface area contributed by atoms with Crippen LogP contribution < -0.4 is 5.73 Å². The molecule has 10 heavy (non-hydrogen) atoms. The van der Waals surface area contributed by atoms with E-state index in [1.165, 1.54) is 0 Å². The van der Waals surface area contributed by atoms with Gasteiger partial charge in [-0.2, -0.15) is 0 Å². The molecule has 0 saturated heterocycles. The highest BCUT2D eigenvalue weighted by molar-refractivity contribution is 8.93. The van der Waals surface area contributed by atoms with Crippen molar-refractivity contribution in [3.05, 3.63) is 12.7 Å². The third-order valence-electron chi connectivity index (χ3n) is 0.816. The minimum Gasteiger partial charge on any atom is -0.458 e. The van der Waals surface area contributed by atoms with Crippen molar-refractivity contribution in [3.63, 3.8) is 0 Å². The quantitative estimate of drug-likeness (QED) is 0.549. The summed E-state index contributed by atoms with van der Waals surface area (Å²) in [5.74, 6) is -0.423. The Morgan fingerprint density at radius 1 is 1.90 bits per heavy atom. The summed E-state index contributed by atoms with van der Waals surface area (Å²) in [6, 6.07) is 0. The largest absolute Gasteiger partial charge is 0.458 e. The van der Waals surface area contributed by atoms with Crippen LogP contribution in [0.15, 0.2) is 12.7 Å². The van der Waals surface area contributed by atoms with Crippen LogP contribution in [0.5, 0.6) is 0 Å². The van der Waals surface area contributed by atoms with Crippen LogP contribution in [-0.4, -0.2) is 18.6 Å². The maximum atomic E-state index is 10.4. The maximum Gasteiger partial charge on any atom is 0.330 e. The second-order valence-corrected chi connectivity index (χ2v) is 1.69. The van der Waals surface area contributed by atoms with Crippen molar-refractivity contribution in [2.75, 3.05) is 6.54 Å². The van der Waals surface area contributed by atoms with Crippen LogP contribution in [-0.2, 0) is 9.53 Å². The summed E-state index contributed by atoms with van der Waals surface area (Å²) in [6.07, 6.45) is 0.905. The van der Waals surface area contributed by atoms with Crippen molar-refractivity contribution in [1.29, 1.82) is 0 Å². The van der Waals surface area contributed by atoms with Crippen molar-refractivity contribution in [2.24, 2.45) is 5.73 Å². The highest BCUT2D eigenvalue weighted by Gasteiger charge is 2.01. The number of nitrogens with two attached hydrogens (primary N) is 1. The number of ether oxygens (including phenoxy) is 1. The van der Waals surface area contributed by atoms with Gasteiger partial charge in [0.25, 0.3) is 0 Å². The highest BCUT2D eigenvalue weighted by Crippen LogP contribution is 1.87. The molecule has 0 aromatic heterocycles. The fourth-order valence-corrected chi connectivity index (χ4v) is 0.295. The minimum atomic E-state index is -0.423. The zero-order valence-electron chi connectivity index (χ0n) is 5.87. The number of rotatable bonds is 3. The van der Waals surface area contributed by atoms with Crippen molar-refractivity contribution in [3.8, 4) is 0 Å². The van der Waals surface area contributed by atoms with Crippen molar-refractivity contribution in [2.45, 2.75) is 13.0 Å². The molecular formula is C6H12BrNO2. The molecule has 3 nitrogen and oxygen atoms in total. The lowest BCUT2D eigenvalue weighted by Crippen LogP contribution is -2.22. The smallest absolute Gasteiger partial charge is 0.330 e. The van der Waals surface area contributed by atoms with E-state index in [1.54, 1.807) is 6.92 Å². The van der Waals surface area contributed by atoms with Crippen LogP contribution in [0.4, 0.5) is 0 Å². The van der Waals surface area contributed by atoms with Crippen molar-refractivity contribution < 1.29 is 9.53 Å². The lowest BCUT2D eigenvalue weighted by Gasteiger charge is -2.06. The minimum absolute atomic E-state index is 0. The summed E-state index contributed by atoms with van der Waals surface area (Å²) in [6.45, 7) is 5.30. The van der Waals surface area contributed by atoms with E-state index in [2.05, 4.69) is 11.3 Å². The SMILES string of the molecule is Br.C=CC(=O)OC(C)CN. The van der Waals surface area contributed by atoms with E-state index in [4.69, 9.17) is 5.73 Å². The first-order chi connectivity index (χ1) is 4.20. The Morgan fingerprint density at radius 3 is 2.70 bits per heavy atom. The van der Waals surface area contributed by atoms with Gasteiger partial charge in [0.1, 0.15) is 6.10 Å². The summed E-state index contributed by atoms with van der Waals surface area (Å²) < 4.78 is 4.67. The van der Waals surface area contributed by atoms with E-state index < -0.39 is 5.97 Å². The van der Waals surface area contributed by atoms with Crippen LogP contribution in [0.1, 0.15) is 6.92 Å². The van der Waals surface area contributed by atoms with Gasteiger partial charge in [-0.3, -0.25) is 0 Å². The molecule has 2 N–H and O–H groups in total. The maximum absolute atomic E-state index is 10.4. The molecule has 0 saturated carbocycles. The molecule has 0 aromatic carbocycles. The monoisotopic (exact) mass is 209 g/mol. The van der Waals surface area contributed by atoms with Gasteiger partial charge in [-0.05, 0) is 6.92 Å².